The quantitative estimate of drug-likeness (QED) is 0.715. The smallest absolute Gasteiger partial charge is 0.295 e. The van der Waals surface area contributed by atoms with Crippen LogP contribution in [0.25, 0.3) is 11.0 Å². The van der Waals surface area contributed by atoms with Gasteiger partial charge in [0.1, 0.15) is 0 Å². The third-order valence-corrected chi connectivity index (χ3v) is 4.90. The lowest BCUT2D eigenvalue weighted by atomic mass is 9.79. The van der Waals surface area contributed by atoms with Crippen LogP contribution in [0.2, 0.25) is 0 Å². The molecule has 0 radical (unpaired) electrons. The fourth-order valence-electron chi connectivity index (χ4n) is 3.55. The van der Waals surface area contributed by atoms with Crippen molar-refractivity contribution in [2.45, 2.75) is 19.9 Å². The highest BCUT2D eigenvalue weighted by Gasteiger charge is 2.55. The Balaban J connectivity index is 1.94. The van der Waals surface area contributed by atoms with Gasteiger partial charge in [0.2, 0.25) is 5.78 Å². The summed E-state index contributed by atoms with van der Waals surface area (Å²) in [6, 6.07) is 7.82. The summed E-state index contributed by atoms with van der Waals surface area (Å²) in [6.07, 6.45) is 1.51. The van der Waals surface area contributed by atoms with Crippen molar-refractivity contribution in [2.24, 2.45) is 5.41 Å². The predicted molar refractivity (Wildman–Crippen MR) is 91.5 cm³/mol. The molecule has 2 aromatic carbocycles. The molecule has 1 N–H and O–H groups in total. The Labute approximate surface area is 147 Å². The van der Waals surface area contributed by atoms with E-state index >= 15 is 0 Å². The van der Waals surface area contributed by atoms with Gasteiger partial charge in [-0.15, -0.1) is 0 Å². The molecule has 1 saturated heterocycles. The van der Waals surface area contributed by atoms with Crippen LogP contribution >= 0.6 is 0 Å². The number of ketones is 1. The number of aromatic nitrogens is 2. The summed E-state index contributed by atoms with van der Waals surface area (Å²) in [5.41, 5.74) is 0.540. The van der Waals surface area contributed by atoms with Crippen molar-refractivity contribution in [2.75, 3.05) is 4.90 Å². The van der Waals surface area contributed by atoms with Gasteiger partial charge in [-0.05, 0) is 24.3 Å². The van der Waals surface area contributed by atoms with Crippen molar-refractivity contribution in [1.82, 2.24) is 9.97 Å². The van der Waals surface area contributed by atoms with E-state index in [2.05, 4.69) is 9.97 Å². The number of nitrogens with one attached hydrogen (secondary N) is 1. The van der Waals surface area contributed by atoms with Crippen LogP contribution in [0, 0.1) is 17.0 Å². The number of carbonyl (C=O) groups is 2. The molecule has 0 bridgehead atoms. The molecule has 0 saturated carbocycles. The van der Waals surface area contributed by atoms with Gasteiger partial charge in [0, 0.05) is 11.3 Å². The molecule has 1 aliphatic rings. The highest BCUT2D eigenvalue weighted by molar-refractivity contribution is 6.46. The van der Waals surface area contributed by atoms with Crippen molar-refractivity contribution >= 4 is 28.4 Å². The number of hydrogen-bond donors (Lipinski definition) is 1. The van der Waals surface area contributed by atoms with E-state index in [0.717, 1.165) is 6.07 Å². The van der Waals surface area contributed by atoms with E-state index < -0.39 is 34.8 Å². The van der Waals surface area contributed by atoms with Gasteiger partial charge in [0.05, 0.1) is 28.8 Å². The van der Waals surface area contributed by atoms with Crippen molar-refractivity contribution in [3.8, 4) is 0 Å². The monoisotopic (exact) mass is 355 g/mol. The minimum Gasteiger partial charge on any atom is -0.345 e. The number of halogens is 2. The molecular weight excluding hydrogens is 340 g/mol. The molecule has 1 fully saturated rings. The number of fused-ring (bicyclic) bond motifs is 1. The summed E-state index contributed by atoms with van der Waals surface area (Å²) < 4.78 is 28.3. The standard InChI is InChI=1S/C19H15F2N3O2/c1-19(2)16(11-4-3-5-12(20)15(11)21)24(18(26)17(19)25)10-6-7-13-14(8-10)23-9-22-13/h3-9,16H,1-2H3,(H,22,23). The Bertz CT molecular complexity index is 1060. The van der Waals surface area contributed by atoms with Crippen molar-refractivity contribution < 1.29 is 18.4 Å². The molecule has 5 nitrogen and oxygen atoms in total. The molecule has 1 aromatic heterocycles. The highest BCUT2D eigenvalue weighted by atomic mass is 19.2. The second-order valence-electron chi connectivity index (χ2n) is 6.88. The number of hydrogen-bond acceptors (Lipinski definition) is 3. The van der Waals surface area contributed by atoms with E-state index in [1.807, 2.05) is 0 Å². The van der Waals surface area contributed by atoms with Crippen LogP contribution in [0.15, 0.2) is 42.7 Å². The summed E-state index contributed by atoms with van der Waals surface area (Å²) in [4.78, 5) is 33.6. The Kier molecular flexibility index (Phi) is 3.44. The molecule has 1 atom stereocenters. The number of aromatic amines is 1. The van der Waals surface area contributed by atoms with Gasteiger partial charge in [-0.25, -0.2) is 13.8 Å². The maximum Gasteiger partial charge on any atom is 0.295 e. The molecule has 3 aromatic rings. The maximum absolute atomic E-state index is 14.5. The molecule has 2 heterocycles. The molecule has 1 aliphatic heterocycles. The van der Waals surface area contributed by atoms with Crippen LogP contribution in [0.1, 0.15) is 25.5 Å². The van der Waals surface area contributed by atoms with Gasteiger partial charge in [0.15, 0.2) is 11.6 Å². The molecule has 0 aliphatic carbocycles. The number of benzene rings is 2. The third-order valence-electron chi connectivity index (χ3n) is 4.90. The van der Waals surface area contributed by atoms with E-state index in [9.17, 15) is 18.4 Å². The average molecular weight is 355 g/mol. The van der Waals surface area contributed by atoms with E-state index in [1.165, 1.54) is 23.4 Å². The number of carbonyl (C=O) groups excluding carboxylic acids is 2. The highest BCUT2D eigenvalue weighted by Crippen LogP contribution is 2.48. The second kappa shape index (κ2) is 5.45. The summed E-state index contributed by atoms with van der Waals surface area (Å²) >= 11 is 0. The molecule has 132 valence electrons. The first kappa shape index (κ1) is 16.4. The fourth-order valence-corrected chi connectivity index (χ4v) is 3.55. The first-order valence-corrected chi connectivity index (χ1v) is 8.07. The number of nitrogens with zero attached hydrogens (tertiary/aromatic N) is 2. The molecule has 0 spiro atoms. The lowest BCUT2D eigenvalue weighted by Gasteiger charge is -2.31. The third kappa shape index (κ3) is 2.16. The summed E-state index contributed by atoms with van der Waals surface area (Å²) in [6.45, 7) is 3.13. The Morgan fingerprint density at radius 1 is 1.15 bits per heavy atom. The van der Waals surface area contributed by atoms with Crippen LogP contribution in [0.4, 0.5) is 14.5 Å². The lowest BCUT2D eigenvalue weighted by molar-refractivity contribution is -0.137. The Hall–Kier alpha value is -3.09. The fraction of sp³-hybridized carbons (Fsp3) is 0.211. The molecule has 1 unspecified atom stereocenters. The summed E-state index contributed by atoms with van der Waals surface area (Å²) in [5, 5.41) is 0. The molecule has 1 amide bonds. The zero-order chi connectivity index (χ0) is 18.6. The number of imidazole rings is 1. The van der Waals surface area contributed by atoms with Gasteiger partial charge in [-0.3, -0.25) is 14.5 Å². The zero-order valence-electron chi connectivity index (χ0n) is 14.1. The summed E-state index contributed by atoms with van der Waals surface area (Å²) in [5.74, 6) is -3.46. The minimum absolute atomic E-state index is 0.0288. The summed E-state index contributed by atoms with van der Waals surface area (Å²) in [7, 11) is 0. The van der Waals surface area contributed by atoms with E-state index in [-0.39, 0.29) is 5.56 Å². The first-order valence-electron chi connectivity index (χ1n) is 8.07. The van der Waals surface area contributed by atoms with Crippen molar-refractivity contribution in [3.63, 3.8) is 0 Å². The van der Waals surface area contributed by atoms with Gasteiger partial charge in [-0.2, -0.15) is 0 Å². The van der Waals surface area contributed by atoms with E-state index in [1.54, 1.807) is 32.0 Å². The van der Waals surface area contributed by atoms with Gasteiger partial charge >= 0.3 is 0 Å². The number of anilines is 1. The topological polar surface area (TPSA) is 66.1 Å². The average Bonchev–Trinajstić information content (AvgIpc) is 3.14. The van der Waals surface area contributed by atoms with Gasteiger partial charge in [-0.1, -0.05) is 26.0 Å². The Morgan fingerprint density at radius 3 is 2.69 bits per heavy atom. The van der Waals surface area contributed by atoms with E-state index in [4.69, 9.17) is 0 Å². The van der Waals surface area contributed by atoms with Crippen molar-refractivity contribution in [3.05, 3.63) is 59.9 Å². The molecule has 7 heteroatoms. The first-order chi connectivity index (χ1) is 12.3. The van der Waals surface area contributed by atoms with Gasteiger partial charge < -0.3 is 4.98 Å². The lowest BCUT2D eigenvalue weighted by Crippen LogP contribution is -2.31. The minimum atomic E-state index is -1.21. The second-order valence-corrected chi connectivity index (χ2v) is 6.88. The van der Waals surface area contributed by atoms with E-state index in [0.29, 0.717) is 16.7 Å². The van der Waals surface area contributed by atoms with Crippen LogP contribution in [-0.4, -0.2) is 21.7 Å². The number of amides is 1. The predicted octanol–water partition coefficient (Wildman–Crippen LogP) is 3.52. The van der Waals surface area contributed by atoms with Crippen LogP contribution in [0.5, 0.6) is 0 Å². The zero-order valence-corrected chi connectivity index (χ0v) is 14.1. The molecule has 4 rings (SSSR count). The Morgan fingerprint density at radius 2 is 1.92 bits per heavy atom. The number of H-pyrrole nitrogens is 1. The largest absolute Gasteiger partial charge is 0.345 e. The van der Waals surface area contributed by atoms with Crippen molar-refractivity contribution in [1.29, 1.82) is 0 Å². The van der Waals surface area contributed by atoms with Crippen LogP contribution in [-0.2, 0) is 9.59 Å². The van der Waals surface area contributed by atoms with Crippen LogP contribution < -0.4 is 4.90 Å². The molecular formula is C19H15F2N3O2. The number of rotatable bonds is 2. The van der Waals surface area contributed by atoms with Gasteiger partial charge in [0.25, 0.3) is 5.91 Å². The SMILES string of the molecule is CC1(C)C(=O)C(=O)N(c2ccc3nc[nH]c3c2)C1c1cccc(F)c1F. The molecule has 26 heavy (non-hydrogen) atoms. The maximum atomic E-state index is 14.5. The normalized spacial score (nSPS) is 19.5. The van der Waals surface area contributed by atoms with Crippen LogP contribution in [0.3, 0.4) is 0 Å². The number of Topliss-reactive ketones (excluding diaryl/α,β-unsaturated/α-hetero) is 1.